The Labute approximate surface area is 263 Å². The molecule has 3 heterocycles. The van der Waals surface area contributed by atoms with E-state index in [1.165, 1.54) is 17.2 Å². The van der Waals surface area contributed by atoms with E-state index in [0.717, 1.165) is 22.6 Å². The minimum atomic E-state index is -2.73. The topological polar surface area (TPSA) is 25.8 Å². The van der Waals surface area contributed by atoms with Crippen molar-refractivity contribution in [3.63, 3.8) is 0 Å². The molecule has 0 fully saturated rings. The molecule has 0 bridgehead atoms. The fraction of sp³-hybridized carbons (Fsp3) is 0.200. The Morgan fingerprint density at radius 2 is 1.72 bits per heavy atom. The van der Waals surface area contributed by atoms with E-state index in [1.54, 1.807) is 6.07 Å². The van der Waals surface area contributed by atoms with E-state index in [0.29, 0.717) is 21.9 Å². The summed E-state index contributed by atoms with van der Waals surface area (Å²) in [4.78, 5) is 8.55. The van der Waals surface area contributed by atoms with Gasteiger partial charge in [0, 0.05) is 41.3 Å². The fourth-order valence-corrected chi connectivity index (χ4v) is 5.35. The maximum atomic E-state index is 8.44. The third-order valence-electron chi connectivity index (χ3n) is 6.10. The number of rotatable bonds is 4. The Balaban J connectivity index is 0.000000244. The van der Waals surface area contributed by atoms with Gasteiger partial charge in [0.1, 0.15) is 0 Å². The summed E-state index contributed by atoms with van der Waals surface area (Å²) in [6.07, 6.45) is 1.56. The van der Waals surface area contributed by atoms with Gasteiger partial charge in [0.15, 0.2) is 0 Å². The minimum Gasteiger partial charge on any atom is -0.305 e. The predicted molar refractivity (Wildman–Crippen MR) is 163 cm³/mol. The molecule has 0 spiro atoms. The Hall–Kier alpha value is -3.17. The monoisotopic (exact) mass is 715 g/mol. The van der Waals surface area contributed by atoms with Crippen LogP contribution >= 0.6 is 11.3 Å². The van der Waals surface area contributed by atoms with Crippen LogP contribution in [0.2, 0.25) is 0 Å². The summed E-state index contributed by atoms with van der Waals surface area (Å²) in [6, 6.07) is 17.0. The summed E-state index contributed by atoms with van der Waals surface area (Å²) < 4.78 is 80.1. The van der Waals surface area contributed by atoms with Crippen molar-refractivity contribution >= 4 is 31.5 Å². The van der Waals surface area contributed by atoms with Crippen molar-refractivity contribution in [1.82, 2.24) is 9.97 Å². The van der Waals surface area contributed by atoms with Crippen LogP contribution in [-0.4, -0.2) is 9.97 Å². The summed E-state index contributed by atoms with van der Waals surface area (Å²) in [6.45, 7) is 6.18. The van der Waals surface area contributed by atoms with Gasteiger partial charge >= 0.3 is 0 Å². The van der Waals surface area contributed by atoms with Gasteiger partial charge in [0.25, 0.3) is 0 Å². The van der Waals surface area contributed by atoms with Crippen molar-refractivity contribution in [3.8, 4) is 22.5 Å². The summed E-state index contributed by atoms with van der Waals surface area (Å²) in [5, 5.41) is 0.667. The van der Waals surface area contributed by atoms with E-state index in [1.807, 2.05) is 24.4 Å². The first kappa shape index (κ1) is 18.2. The van der Waals surface area contributed by atoms with E-state index in [9.17, 15) is 0 Å². The van der Waals surface area contributed by atoms with Gasteiger partial charge in [-0.3, -0.25) is 0 Å². The zero-order valence-electron chi connectivity index (χ0n) is 31.9. The summed E-state index contributed by atoms with van der Waals surface area (Å²) in [5.41, 5.74) is 4.57. The Morgan fingerprint density at radius 1 is 0.872 bits per heavy atom. The third kappa shape index (κ3) is 6.36. The largest absolute Gasteiger partial charge is 0.305 e. The number of fused-ring (bicyclic) bond motifs is 3. The van der Waals surface area contributed by atoms with Gasteiger partial charge in [-0.05, 0) is 63.4 Å². The van der Waals surface area contributed by atoms with Crippen molar-refractivity contribution in [2.24, 2.45) is 0 Å². The fourth-order valence-electron chi connectivity index (χ4n) is 4.24. The molecule has 3 aromatic carbocycles. The van der Waals surface area contributed by atoms with Crippen LogP contribution in [0.25, 0.3) is 42.7 Å². The quantitative estimate of drug-likeness (QED) is 0.170. The van der Waals surface area contributed by atoms with Crippen LogP contribution in [0.4, 0.5) is 0 Å². The number of thiophene rings is 1. The molecule has 199 valence electrons. The molecule has 2 nitrogen and oxygen atoms in total. The van der Waals surface area contributed by atoms with E-state index in [-0.39, 0.29) is 59.6 Å². The molecule has 4 heteroatoms. The molecule has 0 saturated heterocycles. The van der Waals surface area contributed by atoms with Crippen molar-refractivity contribution in [2.45, 2.75) is 46.4 Å². The Bertz CT molecular complexity index is 2160. The van der Waals surface area contributed by atoms with Crippen LogP contribution in [0.3, 0.4) is 0 Å². The first-order valence-corrected chi connectivity index (χ1v) is 13.1. The maximum absolute atomic E-state index is 8.44. The summed E-state index contributed by atoms with van der Waals surface area (Å²) in [7, 11) is 0. The molecule has 39 heavy (non-hydrogen) atoms. The van der Waals surface area contributed by atoms with Gasteiger partial charge in [-0.1, -0.05) is 68.9 Å². The SMILES string of the molecule is CC(C)c1cnc(-c2[c-]cccc2)cc1C(C)C.[2H]c1nc(-c2[c-]ccc3c2sc2c([2H])c([2H])c(C([2H])([2H])[2H])c([2H])c23)c([2H])c([2H])c1[2H].[Ir]. The molecule has 0 N–H and O–H groups in total. The van der Waals surface area contributed by atoms with E-state index in [4.69, 9.17) is 13.7 Å². The average molecular weight is 715 g/mol. The zero-order chi connectivity index (χ0) is 35.2. The van der Waals surface area contributed by atoms with Gasteiger partial charge in [-0.2, -0.15) is 11.3 Å². The minimum absolute atomic E-state index is 0. The van der Waals surface area contributed by atoms with Crippen LogP contribution in [-0.2, 0) is 20.1 Å². The second-order valence-corrected chi connectivity index (χ2v) is 10.4. The molecule has 6 aromatic rings. The molecule has 0 saturated carbocycles. The number of hydrogen-bond acceptors (Lipinski definition) is 3. The number of pyridine rings is 2. The van der Waals surface area contributed by atoms with E-state index in [2.05, 4.69) is 61.9 Å². The maximum Gasteiger partial charge on any atom is 0.0830 e. The first-order chi connectivity index (χ1) is 22.5. The average Bonchev–Trinajstić information content (AvgIpc) is 3.45. The van der Waals surface area contributed by atoms with Crippen LogP contribution in [0.1, 0.15) is 69.9 Å². The molecule has 1 radical (unpaired) electrons. The van der Waals surface area contributed by atoms with Gasteiger partial charge in [0.05, 0.1) is 9.60 Å². The number of hydrogen-bond donors (Lipinski definition) is 0. The van der Waals surface area contributed by atoms with Gasteiger partial charge in [0.2, 0.25) is 0 Å². The number of benzene rings is 3. The molecular weight excluding hydrogens is 673 g/mol. The standard InChI is InChI=1S/C18H12NS.C17H20N.Ir/c1-12-8-9-17-15(11-12)13-5-4-6-14(18(13)20-17)16-7-2-3-10-19-16;1-12(2)15-10-17(14-8-6-5-7-9-14)18-11-16(15)13(3)4;/h2-5,7-11H,1H3;5-8,10-13H,1-4H3;/q2*-1;/i1D3,2D,3D,7D,8D,9D,10D,11D;;. The second kappa shape index (κ2) is 12.8. The number of nitrogens with zero attached hydrogens (tertiary/aromatic N) is 2. The van der Waals surface area contributed by atoms with E-state index >= 15 is 0 Å². The van der Waals surface area contributed by atoms with Crippen LogP contribution in [0.5, 0.6) is 0 Å². The third-order valence-corrected chi connectivity index (χ3v) is 7.24. The first-order valence-electron chi connectivity index (χ1n) is 17.3. The summed E-state index contributed by atoms with van der Waals surface area (Å²) >= 11 is 1.05. The molecule has 0 unspecified atom stereocenters. The Kier molecular flexibility index (Phi) is 5.98. The van der Waals surface area contributed by atoms with Crippen molar-refractivity contribution in [1.29, 1.82) is 0 Å². The molecule has 3 aromatic heterocycles. The van der Waals surface area contributed by atoms with Crippen molar-refractivity contribution in [3.05, 3.63) is 120 Å². The van der Waals surface area contributed by atoms with Crippen LogP contribution in [0.15, 0.2) is 91.1 Å². The normalized spacial score (nSPS) is 14.9. The van der Waals surface area contributed by atoms with E-state index < -0.39 is 36.7 Å². The van der Waals surface area contributed by atoms with Crippen LogP contribution in [0, 0.1) is 19.0 Å². The summed E-state index contributed by atoms with van der Waals surface area (Å²) in [5.74, 6) is 1.04. The van der Waals surface area contributed by atoms with Crippen molar-refractivity contribution in [2.75, 3.05) is 0 Å². The smallest absolute Gasteiger partial charge is 0.0830 e. The molecular formula is C35H32IrN2S-2. The number of aromatic nitrogens is 2. The predicted octanol–water partition coefficient (Wildman–Crippen LogP) is 10.0. The molecule has 0 atom stereocenters. The molecule has 0 aliphatic carbocycles. The van der Waals surface area contributed by atoms with Crippen molar-refractivity contribution < 1.29 is 33.8 Å². The molecule has 0 amide bonds. The van der Waals surface area contributed by atoms with Gasteiger partial charge in [-0.15, -0.1) is 59.7 Å². The van der Waals surface area contributed by atoms with Gasteiger partial charge < -0.3 is 9.97 Å². The van der Waals surface area contributed by atoms with Crippen LogP contribution < -0.4 is 0 Å². The van der Waals surface area contributed by atoms with Gasteiger partial charge in [-0.25, -0.2) is 0 Å². The molecule has 6 rings (SSSR count). The Morgan fingerprint density at radius 3 is 2.46 bits per heavy atom. The molecule has 0 aliphatic rings. The second-order valence-electron chi connectivity index (χ2n) is 9.38. The molecule has 0 aliphatic heterocycles. The zero-order valence-corrected chi connectivity index (χ0v) is 25.1.